The summed E-state index contributed by atoms with van der Waals surface area (Å²) in [5, 5.41) is 2.81. The Morgan fingerprint density at radius 1 is 1.41 bits per heavy atom. The molecule has 0 spiro atoms. The summed E-state index contributed by atoms with van der Waals surface area (Å²) in [6.07, 6.45) is 2.67. The van der Waals surface area contributed by atoms with Crippen molar-refractivity contribution < 1.29 is 9.53 Å². The second kappa shape index (κ2) is 8.01. The van der Waals surface area contributed by atoms with Gasteiger partial charge in [0.2, 0.25) is 0 Å². The molecule has 0 heterocycles. The van der Waals surface area contributed by atoms with Crippen molar-refractivity contribution in [3.8, 4) is 0 Å². The summed E-state index contributed by atoms with van der Waals surface area (Å²) < 4.78 is 5.12. The van der Waals surface area contributed by atoms with E-state index < -0.39 is 0 Å². The molecule has 4 heteroatoms. The van der Waals surface area contributed by atoms with Gasteiger partial charge in [-0.25, -0.2) is 4.79 Å². The number of thioether (sulfide) groups is 1. The largest absolute Gasteiger partial charge is 0.445 e. The number of benzene rings is 1. The molecule has 17 heavy (non-hydrogen) atoms. The van der Waals surface area contributed by atoms with Gasteiger partial charge in [0.05, 0.1) is 0 Å². The minimum Gasteiger partial charge on any atom is -0.445 e. The number of amides is 1. The summed E-state index contributed by atoms with van der Waals surface area (Å²) in [7, 11) is 0. The number of rotatable bonds is 6. The Balaban J connectivity index is 2.21. The predicted molar refractivity (Wildman–Crippen MR) is 72.2 cm³/mol. The normalized spacial score (nSPS) is 11.9. The van der Waals surface area contributed by atoms with Gasteiger partial charge in [0.15, 0.2) is 0 Å². The highest BCUT2D eigenvalue weighted by atomic mass is 32.2. The van der Waals surface area contributed by atoms with Crippen LogP contribution >= 0.6 is 11.8 Å². The van der Waals surface area contributed by atoms with Crippen LogP contribution in [0.15, 0.2) is 30.3 Å². The molecule has 0 saturated heterocycles. The quantitative estimate of drug-likeness (QED) is 0.846. The van der Waals surface area contributed by atoms with Crippen molar-refractivity contribution in [1.29, 1.82) is 0 Å². The summed E-state index contributed by atoms with van der Waals surface area (Å²) >= 11 is 1.78. The van der Waals surface area contributed by atoms with Crippen molar-refractivity contribution in [1.82, 2.24) is 5.32 Å². The zero-order valence-electron chi connectivity index (χ0n) is 10.3. The topological polar surface area (TPSA) is 38.3 Å². The Kier molecular flexibility index (Phi) is 6.55. The van der Waals surface area contributed by atoms with Gasteiger partial charge >= 0.3 is 6.09 Å². The average molecular weight is 253 g/mol. The third-order valence-electron chi connectivity index (χ3n) is 2.33. The molecule has 0 unspecified atom stereocenters. The first kappa shape index (κ1) is 13.9. The molecule has 1 aromatic carbocycles. The zero-order chi connectivity index (χ0) is 12.5. The molecule has 0 bridgehead atoms. The van der Waals surface area contributed by atoms with Crippen LogP contribution in [0, 0.1) is 0 Å². The van der Waals surface area contributed by atoms with E-state index >= 15 is 0 Å². The molecule has 1 rings (SSSR count). The van der Waals surface area contributed by atoms with Gasteiger partial charge in [-0.2, -0.15) is 11.8 Å². The van der Waals surface area contributed by atoms with Crippen LogP contribution in [0.4, 0.5) is 4.79 Å². The standard InChI is InChI=1S/C13H19NO2S/c1-11(8-9-17-2)14-13(15)16-10-12-6-4-3-5-7-12/h3-7,11H,8-10H2,1-2H3,(H,14,15)/t11-/m1/s1. The second-order valence-corrected chi connectivity index (χ2v) is 4.87. The number of carbonyl (C=O) groups is 1. The molecule has 1 N–H and O–H groups in total. The zero-order valence-corrected chi connectivity index (χ0v) is 11.1. The van der Waals surface area contributed by atoms with Crippen molar-refractivity contribution in [2.75, 3.05) is 12.0 Å². The fourth-order valence-electron chi connectivity index (χ4n) is 1.33. The van der Waals surface area contributed by atoms with E-state index in [1.807, 2.05) is 37.3 Å². The summed E-state index contributed by atoms with van der Waals surface area (Å²) in [5.74, 6) is 1.04. The van der Waals surface area contributed by atoms with E-state index in [1.54, 1.807) is 11.8 Å². The molecule has 0 fully saturated rings. The van der Waals surface area contributed by atoms with E-state index in [2.05, 4.69) is 11.6 Å². The SMILES string of the molecule is CSCC[C@@H](C)NC(=O)OCc1ccccc1. The van der Waals surface area contributed by atoms with Gasteiger partial charge in [0.25, 0.3) is 0 Å². The Labute approximate surface area is 107 Å². The first-order chi connectivity index (χ1) is 8.22. The summed E-state index contributed by atoms with van der Waals surface area (Å²) in [6, 6.07) is 9.82. The number of ether oxygens (including phenoxy) is 1. The van der Waals surface area contributed by atoms with E-state index in [0.717, 1.165) is 17.7 Å². The molecule has 0 aliphatic heterocycles. The molecule has 0 radical (unpaired) electrons. The minimum absolute atomic E-state index is 0.158. The number of alkyl carbamates (subject to hydrolysis) is 1. The lowest BCUT2D eigenvalue weighted by molar-refractivity contribution is 0.136. The summed E-state index contributed by atoms with van der Waals surface area (Å²) in [4.78, 5) is 11.4. The van der Waals surface area contributed by atoms with Crippen molar-refractivity contribution in [3.63, 3.8) is 0 Å². The Morgan fingerprint density at radius 3 is 2.76 bits per heavy atom. The van der Waals surface area contributed by atoms with E-state index in [0.29, 0.717) is 6.61 Å². The lowest BCUT2D eigenvalue weighted by Crippen LogP contribution is -2.33. The van der Waals surface area contributed by atoms with Crippen LogP contribution in [-0.4, -0.2) is 24.1 Å². The van der Waals surface area contributed by atoms with Gasteiger partial charge in [-0.1, -0.05) is 30.3 Å². The van der Waals surface area contributed by atoms with Crippen LogP contribution in [0.2, 0.25) is 0 Å². The van der Waals surface area contributed by atoms with Crippen LogP contribution in [0.5, 0.6) is 0 Å². The second-order valence-electron chi connectivity index (χ2n) is 3.89. The summed E-state index contributed by atoms with van der Waals surface area (Å²) in [5.41, 5.74) is 0.999. The first-order valence-corrected chi connectivity index (χ1v) is 7.08. The molecular formula is C13H19NO2S. The Bertz CT molecular complexity index is 329. The number of hydrogen-bond donors (Lipinski definition) is 1. The molecule has 1 atom stereocenters. The lowest BCUT2D eigenvalue weighted by atomic mass is 10.2. The average Bonchev–Trinajstić information content (AvgIpc) is 2.35. The molecular weight excluding hydrogens is 234 g/mol. The van der Waals surface area contributed by atoms with Crippen LogP contribution in [0.3, 0.4) is 0 Å². The van der Waals surface area contributed by atoms with Crippen LogP contribution in [-0.2, 0) is 11.3 Å². The summed E-state index contributed by atoms with van der Waals surface area (Å²) in [6.45, 7) is 2.31. The maximum absolute atomic E-state index is 11.4. The number of nitrogens with one attached hydrogen (secondary N) is 1. The van der Waals surface area contributed by atoms with Crippen LogP contribution in [0.25, 0.3) is 0 Å². The fourth-order valence-corrected chi connectivity index (χ4v) is 1.92. The highest BCUT2D eigenvalue weighted by Crippen LogP contribution is 2.02. The van der Waals surface area contributed by atoms with Gasteiger partial charge in [-0.15, -0.1) is 0 Å². The highest BCUT2D eigenvalue weighted by Gasteiger charge is 2.07. The predicted octanol–water partition coefficient (Wildman–Crippen LogP) is 3.05. The van der Waals surface area contributed by atoms with E-state index in [1.165, 1.54) is 0 Å². The van der Waals surface area contributed by atoms with E-state index in [9.17, 15) is 4.79 Å². The fraction of sp³-hybridized carbons (Fsp3) is 0.462. The molecule has 0 aromatic heterocycles. The molecule has 3 nitrogen and oxygen atoms in total. The smallest absolute Gasteiger partial charge is 0.407 e. The Morgan fingerprint density at radius 2 is 2.12 bits per heavy atom. The molecule has 94 valence electrons. The highest BCUT2D eigenvalue weighted by molar-refractivity contribution is 7.98. The monoisotopic (exact) mass is 253 g/mol. The van der Waals surface area contributed by atoms with Crippen LogP contribution < -0.4 is 5.32 Å². The van der Waals surface area contributed by atoms with Gasteiger partial charge in [-0.05, 0) is 30.9 Å². The molecule has 0 saturated carbocycles. The minimum atomic E-state index is -0.345. The molecule has 0 aliphatic rings. The van der Waals surface area contributed by atoms with E-state index in [4.69, 9.17) is 4.74 Å². The molecule has 1 amide bonds. The maximum atomic E-state index is 11.4. The lowest BCUT2D eigenvalue weighted by Gasteiger charge is -2.13. The van der Waals surface area contributed by atoms with E-state index in [-0.39, 0.29) is 12.1 Å². The van der Waals surface area contributed by atoms with Gasteiger partial charge in [0, 0.05) is 6.04 Å². The van der Waals surface area contributed by atoms with Crippen molar-refractivity contribution in [2.45, 2.75) is 26.0 Å². The molecule has 0 aliphatic carbocycles. The Hall–Kier alpha value is -1.16. The van der Waals surface area contributed by atoms with Crippen LogP contribution in [0.1, 0.15) is 18.9 Å². The van der Waals surface area contributed by atoms with Gasteiger partial charge in [-0.3, -0.25) is 0 Å². The van der Waals surface area contributed by atoms with Gasteiger partial charge < -0.3 is 10.1 Å². The van der Waals surface area contributed by atoms with Crippen molar-refractivity contribution in [3.05, 3.63) is 35.9 Å². The third-order valence-corrected chi connectivity index (χ3v) is 2.98. The first-order valence-electron chi connectivity index (χ1n) is 5.68. The number of carbonyl (C=O) groups excluding carboxylic acids is 1. The van der Waals surface area contributed by atoms with Crippen molar-refractivity contribution >= 4 is 17.9 Å². The maximum Gasteiger partial charge on any atom is 0.407 e. The number of hydrogen-bond acceptors (Lipinski definition) is 3. The van der Waals surface area contributed by atoms with Crippen molar-refractivity contribution in [2.24, 2.45) is 0 Å². The third kappa shape index (κ3) is 6.22. The van der Waals surface area contributed by atoms with Gasteiger partial charge in [0.1, 0.15) is 6.61 Å². The molecule has 1 aromatic rings.